The molecule has 2 atom stereocenters. The number of methoxy groups -OCH3 is 1. The Morgan fingerprint density at radius 1 is 0.938 bits per heavy atom. The van der Waals surface area contributed by atoms with Crippen LogP contribution in [0.2, 0.25) is 0 Å². The lowest BCUT2D eigenvalue weighted by molar-refractivity contribution is -0.133. The summed E-state index contributed by atoms with van der Waals surface area (Å²) in [7, 11) is 1.64. The molecule has 1 saturated heterocycles. The first-order chi connectivity index (χ1) is 15.6. The fourth-order valence-electron chi connectivity index (χ4n) is 4.34. The van der Waals surface area contributed by atoms with Crippen molar-refractivity contribution in [1.29, 1.82) is 0 Å². The largest absolute Gasteiger partial charge is 0.497 e. The average molecular weight is 429 g/mol. The Kier molecular flexibility index (Phi) is 6.85. The summed E-state index contributed by atoms with van der Waals surface area (Å²) in [6.07, 6.45) is 0.958. The molecule has 4 rings (SSSR count). The Labute approximate surface area is 189 Å². The summed E-state index contributed by atoms with van der Waals surface area (Å²) in [6, 6.07) is 27.3. The second kappa shape index (κ2) is 10.1. The molecule has 5 nitrogen and oxygen atoms in total. The van der Waals surface area contributed by atoms with Crippen molar-refractivity contribution in [2.75, 3.05) is 19.0 Å². The van der Waals surface area contributed by atoms with E-state index in [9.17, 15) is 9.59 Å². The maximum atomic E-state index is 13.3. The first-order valence-corrected chi connectivity index (χ1v) is 10.9. The van der Waals surface area contributed by atoms with Crippen molar-refractivity contribution >= 4 is 17.5 Å². The maximum Gasteiger partial charge on any atom is 0.226 e. The van der Waals surface area contributed by atoms with E-state index in [1.54, 1.807) is 7.11 Å². The van der Waals surface area contributed by atoms with Gasteiger partial charge in [-0.15, -0.1) is 0 Å². The molecule has 2 amide bonds. The number of carbonyl (C=O) groups excluding carboxylic acids is 2. The number of ether oxygens (including phenoxy) is 1. The Morgan fingerprint density at radius 3 is 2.25 bits per heavy atom. The molecule has 5 heteroatoms. The SMILES string of the molecule is COc1ccc(CN2CC(Cc3ccccc3)C(CC(=O)Nc3ccccc3)C2=O)cc1. The summed E-state index contributed by atoms with van der Waals surface area (Å²) in [6.45, 7) is 1.17. The van der Waals surface area contributed by atoms with Crippen LogP contribution in [0.4, 0.5) is 5.69 Å². The van der Waals surface area contributed by atoms with Crippen LogP contribution in [0.15, 0.2) is 84.9 Å². The first kappa shape index (κ1) is 21.6. The van der Waals surface area contributed by atoms with Gasteiger partial charge in [-0.2, -0.15) is 0 Å². The van der Waals surface area contributed by atoms with Gasteiger partial charge in [0.05, 0.1) is 13.0 Å². The molecular weight excluding hydrogens is 400 g/mol. The molecule has 0 aromatic heterocycles. The first-order valence-electron chi connectivity index (χ1n) is 10.9. The number of likely N-dealkylation sites (tertiary alicyclic amines) is 1. The molecule has 0 saturated carbocycles. The quantitative estimate of drug-likeness (QED) is 0.573. The Bertz CT molecular complexity index is 1040. The van der Waals surface area contributed by atoms with Crippen molar-refractivity contribution in [3.05, 3.63) is 96.1 Å². The zero-order valence-electron chi connectivity index (χ0n) is 18.2. The van der Waals surface area contributed by atoms with Crippen molar-refractivity contribution in [3.8, 4) is 5.75 Å². The lowest BCUT2D eigenvalue weighted by Crippen LogP contribution is -2.29. The molecule has 0 bridgehead atoms. The van der Waals surface area contributed by atoms with Crippen LogP contribution < -0.4 is 10.1 Å². The van der Waals surface area contributed by atoms with E-state index < -0.39 is 0 Å². The molecule has 1 aliphatic heterocycles. The Morgan fingerprint density at radius 2 is 1.59 bits per heavy atom. The van der Waals surface area contributed by atoms with Gasteiger partial charge in [-0.3, -0.25) is 9.59 Å². The predicted octanol–water partition coefficient (Wildman–Crippen LogP) is 4.54. The van der Waals surface area contributed by atoms with Gasteiger partial charge in [0.15, 0.2) is 0 Å². The molecule has 2 unspecified atom stereocenters. The third-order valence-corrected chi connectivity index (χ3v) is 5.99. The molecule has 1 heterocycles. The third-order valence-electron chi connectivity index (χ3n) is 5.99. The van der Waals surface area contributed by atoms with E-state index in [0.29, 0.717) is 13.1 Å². The van der Waals surface area contributed by atoms with Gasteiger partial charge in [-0.1, -0.05) is 60.7 Å². The van der Waals surface area contributed by atoms with Crippen LogP contribution in [0.25, 0.3) is 0 Å². The van der Waals surface area contributed by atoms with Gasteiger partial charge in [-0.25, -0.2) is 0 Å². The van der Waals surface area contributed by atoms with Crippen LogP contribution in [0, 0.1) is 11.8 Å². The van der Waals surface area contributed by atoms with Gasteiger partial charge in [0.2, 0.25) is 11.8 Å². The third kappa shape index (κ3) is 5.35. The molecule has 0 radical (unpaired) electrons. The Balaban J connectivity index is 1.48. The standard InChI is InChI=1S/C27H28N2O3/c1-32-24-14-12-21(13-15-24)18-29-19-22(16-20-8-4-2-5-9-20)25(27(29)31)17-26(30)28-23-10-6-3-7-11-23/h2-15,22,25H,16-19H2,1H3,(H,28,30). The molecule has 3 aromatic rings. The van der Waals surface area contributed by atoms with Gasteiger partial charge < -0.3 is 15.0 Å². The van der Waals surface area contributed by atoms with Gasteiger partial charge in [0.1, 0.15) is 5.75 Å². The van der Waals surface area contributed by atoms with Gasteiger partial charge >= 0.3 is 0 Å². The van der Waals surface area contributed by atoms with Crippen LogP contribution >= 0.6 is 0 Å². The summed E-state index contributed by atoms with van der Waals surface area (Å²) in [5.41, 5.74) is 2.98. The molecular formula is C27H28N2O3. The number of para-hydroxylation sites is 1. The Hall–Kier alpha value is -3.60. The number of rotatable bonds is 8. The van der Waals surface area contributed by atoms with E-state index in [1.807, 2.05) is 77.7 Å². The predicted molar refractivity (Wildman–Crippen MR) is 125 cm³/mol. The van der Waals surface area contributed by atoms with E-state index in [-0.39, 0.29) is 30.1 Å². The molecule has 1 N–H and O–H groups in total. The highest BCUT2D eigenvalue weighted by Crippen LogP contribution is 2.32. The molecule has 1 aliphatic rings. The number of anilines is 1. The number of benzene rings is 3. The fourth-order valence-corrected chi connectivity index (χ4v) is 4.34. The highest BCUT2D eigenvalue weighted by Gasteiger charge is 2.41. The maximum absolute atomic E-state index is 13.3. The molecule has 32 heavy (non-hydrogen) atoms. The van der Waals surface area contributed by atoms with E-state index in [0.717, 1.165) is 23.4 Å². The van der Waals surface area contributed by atoms with Gasteiger partial charge in [-0.05, 0) is 47.7 Å². The molecule has 3 aromatic carbocycles. The van der Waals surface area contributed by atoms with Crippen LogP contribution in [0.1, 0.15) is 17.5 Å². The summed E-state index contributed by atoms with van der Waals surface area (Å²) < 4.78 is 5.23. The number of hydrogen-bond donors (Lipinski definition) is 1. The minimum Gasteiger partial charge on any atom is -0.497 e. The lowest BCUT2D eigenvalue weighted by Gasteiger charge is -2.17. The summed E-state index contributed by atoms with van der Waals surface area (Å²) in [5, 5.41) is 2.93. The average Bonchev–Trinajstić information content (AvgIpc) is 3.09. The zero-order chi connectivity index (χ0) is 22.3. The van der Waals surface area contributed by atoms with E-state index in [1.165, 1.54) is 5.56 Å². The summed E-state index contributed by atoms with van der Waals surface area (Å²) in [4.78, 5) is 28.0. The minimum atomic E-state index is -0.336. The van der Waals surface area contributed by atoms with Crippen molar-refractivity contribution in [1.82, 2.24) is 4.90 Å². The van der Waals surface area contributed by atoms with Crippen molar-refractivity contribution in [3.63, 3.8) is 0 Å². The topological polar surface area (TPSA) is 58.6 Å². The van der Waals surface area contributed by atoms with E-state index in [4.69, 9.17) is 4.74 Å². The van der Waals surface area contributed by atoms with E-state index >= 15 is 0 Å². The highest BCUT2D eigenvalue weighted by atomic mass is 16.5. The van der Waals surface area contributed by atoms with Crippen LogP contribution in [0.5, 0.6) is 5.75 Å². The van der Waals surface area contributed by atoms with Gasteiger partial charge in [0, 0.05) is 25.2 Å². The molecule has 0 spiro atoms. The van der Waals surface area contributed by atoms with Gasteiger partial charge in [0.25, 0.3) is 0 Å². The highest BCUT2D eigenvalue weighted by molar-refractivity contribution is 5.94. The van der Waals surface area contributed by atoms with Crippen molar-refractivity contribution in [2.24, 2.45) is 11.8 Å². The number of nitrogens with one attached hydrogen (secondary N) is 1. The van der Waals surface area contributed by atoms with Crippen LogP contribution in [-0.4, -0.2) is 30.4 Å². The number of carbonyl (C=O) groups is 2. The minimum absolute atomic E-state index is 0.0463. The summed E-state index contributed by atoms with van der Waals surface area (Å²) in [5.74, 6) is 0.463. The van der Waals surface area contributed by atoms with E-state index in [2.05, 4.69) is 17.4 Å². The summed E-state index contributed by atoms with van der Waals surface area (Å²) >= 11 is 0. The number of hydrogen-bond acceptors (Lipinski definition) is 3. The fraction of sp³-hybridized carbons (Fsp3) is 0.259. The number of nitrogens with zero attached hydrogens (tertiary/aromatic N) is 1. The normalized spacial score (nSPS) is 17.9. The van der Waals surface area contributed by atoms with Crippen molar-refractivity contribution in [2.45, 2.75) is 19.4 Å². The smallest absolute Gasteiger partial charge is 0.226 e. The molecule has 1 fully saturated rings. The number of amides is 2. The lowest BCUT2D eigenvalue weighted by atomic mass is 9.87. The molecule has 0 aliphatic carbocycles. The monoisotopic (exact) mass is 428 g/mol. The zero-order valence-corrected chi connectivity index (χ0v) is 18.2. The second-order valence-electron chi connectivity index (χ2n) is 8.24. The van der Waals surface area contributed by atoms with Crippen LogP contribution in [-0.2, 0) is 22.6 Å². The second-order valence-corrected chi connectivity index (χ2v) is 8.24. The van der Waals surface area contributed by atoms with Crippen molar-refractivity contribution < 1.29 is 14.3 Å². The van der Waals surface area contributed by atoms with Crippen LogP contribution in [0.3, 0.4) is 0 Å². The molecule has 164 valence electrons.